The summed E-state index contributed by atoms with van der Waals surface area (Å²) in [5, 5.41) is 0. The summed E-state index contributed by atoms with van der Waals surface area (Å²) >= 11 is 0. The van der Waals surface area contributed by atoms with Gasteiger partial charge < -0.3 is 4.74 Å². The fourth-order valence-corrected chi connectivity index (χ4v) is 0.508. The van der Waals surface area contributed by atoms with Gasteiger partial charge in [-0.3, -0.25) is 0 Å². The lowest BCUT2D eigenvalue weighted by atomic mass is 10.5. The second-order valence-electron chi connectivity index (χ2n) is 1.55. The molecule has 9 heavy (non-hydrogen) atoms. The van der Waals surface area contributed by atoms with Crippen molar-refractivity contribution in [2.24, 2.45) is 9.98 Å². The molecule has 0 fully saturated rings. The topological polar surface area (TPSA) is 34.0 Å². The molecule has 1 rings (SSSR count). The molecule has 1 heterocycles. The van der Waals surface area contributed by atoms with Gasteiger partial charge in [0.1, 0.15) is 0 Å². The van der Waals surface area contributed by atoms with Gasteiger partial charge in [-0.1, -0.05) is 6.08 Å². The summed E-state index contributed by atoms with van der Waals surface area (Å²) in [4.78, 5) is 7.74. The van der Waals surface area contributed by atoms with E-state index in [9.17, 15) is 0 Å². The smallest absolute Gasteiger partial charge is 0.315 e. The summed E-state index contributed by atoms with van der Waals surface area (Å²) in [6, 6.07) is 0.420. The number of hydrogen-bond donors (Lipinski definition) is 0. The van der Waals surface area contributed by atoms with E-state index in [0.717, 1.165) is 6.42 Å². The van der Waals surface area contributed by atoms with Crippen molar-refractivity contribution in [2.75, 3.05) is 7.11 Å². The van der Waals surface area contributed by atoms with Crippen LogP contribution in [0.1, 0.15) is 6.42 Å². The number of allylic oxidation sites excluding steroid dienone is 1. The first-order valence-electron chi connectivity index (χ1n) is 2.73. The number of amidine groups is 1. The average Bonchev–Trinajstić information content (AvgIpc) is 2.13. The Morgan fingerprint density at radius 3 is 3.33 bits per heavy atom. The van der Waals surface area contributed by atoms with E-state index >= 15 is 0 Å². The normalized spacial score (nSPS) is 16.8. The molecule has 0 saturated carbocycles. The molecular formula is C6H8N2O. The molecule has 3 heteroatoms. The Hall–Kier alpha value is -1.12. The Kier molecular flexibility index (Phi) is 2.01. The molecule has 48 valence electrons. The molecular weight excluding hydrogens is 116 g/mol. The first kappa shape index (κ1) is 6.01. The maximum Gasteiger partial charge on any atom is 0.315 e. The lowest BCUT2D eigenvalue weighted by molar-refractivity contribution is 0.397. The molecule has 0 spiro atoms. The van der Waals surface area contributed by atoms with Crippen molar-refractivity contribution >= 4 is 12.2 Å². The minimum atomic E-state index is 0.420. The summed E-state index contributed by atoms with van der Waals surface area (Å²) < 4.78 is 4.77. The maximum atomic E-state index is 4.77. The first-order chi connectivity index (χ1) is 4.43. The minimum Gasteiger partial charge on any atom is -0.467 e. The van der Waals surface area contributed by atoms with Crippen LogP contribution < -0.4 is 0 Å². The van der Waals surface area contributed by atoms with E-state index in [1.54, 1.807) is 19.5 Å². The van der Waals surface area contributed by atoms with Crippen LogP contribution in [0.15, 0.2) is 22.3 Å². The van der Waals surface area contributed by atoms with E-state index in [4.69, 9.17) is 4.74 Å². The molecule has 0 radical (unpaired) electrons. The van der Waals surface area contributed by atoms with Crippen LogP contribution in [0.4, 0.5) is 0 Å². The Morgan fingerprint density at radius 1 is 1.67 bits per heavy atom. The molecule has 0 aliphatic carbocycles. The summed E-state index contributed by atoms with van der Waals surface area (Å²) in [5.41, 5.74) is 0. The highest BCUT2D eigenvalue weighted by atomic mass is 16.5. The quantitative estimate of drug-likeness (QED) is 0.474. The van der Waals surface area contributed by atoms with E-state index < -0.39 is 0 Å². The van der Waals surface area contributed by atoms with E-state index in [2.05, 4.69) is 9.98 Å². The zero-order valence-corrected chi connectivity index (χ0v) is 5.24. The maximum absolute atomic E-state index is 4.77. The molecule has 0 atom stereocenters. The van der Waals surface area contributed by atoms with Gasteiger partial charge in [-0.15, -0.1) is 0 Å². The standard InChI is InChI=1S/C6H8N2O/c1-9-6-7-4-2-3-5-8-6/h2,4-5H,3H2,1H3. The van der Waals surface area contributed by atoms with Crippen LogP contribution >= 0.6 is 0 Å². The van der Waals surface area contributed by atoms with Gasteiger partial charge in [-0.25, -0.2) is 9.98 Å². The fourth-order valence-electron chi connectivity index (χ4n) is 0.508. The second-order valence-corrected chi connectivity index (χ2v) is 1.55. The molecule has 1 aliphatic heterocycles. The summed E-state index contributed by atoms with van der Waals surface area (Å²) in [7, 11) is 1.55. The van der Waals surface area contributed by atoms with Crippen LogP contribution in [0.5, 0.6) is 0 Å². The monoisotopic (exact) mass is 124 g/mol. The highest BCUT2D eigenvalue weighted by Gasteiger charge is 1.90. The zero-order valence-electron chi connectivity index (χ0n) is 5.24. The fraction of sp³-hybridized carbons (Fsp3) is 0.333. The molecule has 0 saturated heterocycles. The van der Waals surface area contributed by atoms with Crippen molar-refractivity contribution in [3.8, 4) is 0 Å². The molecule has 0 N–H and O–H groups in total. The summed E-state index contributed by atoms with van der Waals surface area (Å²) in [6.45, 7) is 0. The zero-order chi connectivity index (χ0) is 6.53. The molecule has 0 bridgehead atoms. The largest absolute Gasteiger partial charge is 0.467 e. The third-order valence-electron chi connectivity index (χ3n) is 0.916. The van der Waals surface area contributed by atoms with Gasteiger partial charge in [0.05, 0.1) is 7.11 Å². The van der Waals surface area contributed by atoms with Crippen LogP contribution in [-0.2, 0) is 4.74 Å². The SMILES string of the molecule is COC1=NC=CCC=N1. The lowest BCUT2D eigenvalue weighted by Crippen LogP contribution is -1.94. The van der Waals surface area contributed by atoms with Gasteiger partial charge in [-0.05, 0) is 0 Å². The summed E-state index contributed by atoms with van der Waals surface area (Å²) in [6.07, 6.45) is 6.18. The van der Waals surface area contributed by atoms with Crippen molar-refractivity contribution < 1.29 is 4.74 Å². The van der Waals surface area contributed by atoms with Gasteiger partial charge in [0, 0.05) is 18.8 Å². The van der Waals surface area contributed by atoms with Crippen molar-refractivity contribution in [3.63, 3.8) is 0 Å². The van der Waals surface area contributed by atoms with Gasteiger partial charge in [-0.2, -0.15) is 0 Å². The number of ether oxygens (including phenoxy) is 1. The van der Waals surface area contributed by atoms with Crippen molar-refractivity contribution in [2.45, 2.75) is 6.42 Å². The number of hydrogen-bond acceptors (Lipinski definition) is 3. The third-order valence-corrected chi connectivity index (χ3v) is 0.916. The van der Waals surface area contributed by atoms with Crippen LogP contribution in [0.2, 0.25) is 0 Å². The molecule has 0 amide bonds. The van der Waals surface area contributed by atoms with Crippen molar-refractivity contribution in [1.82, 2.24) is 0 Å². The minimum absolute atomic E-state index is 0.420. The Morgan fingerprint density at radius 2 is 2.56 bits per heavy atom. The number of aliphatic imine (C=N–C) groups is 2. The van der Waals surface area contributed by atoms with Crippen LogP contribution in [0.25, 0.3) is 0 Å². The highest BCUT2D eigenvalue weighted by Crippen LogP contribution is 1.91. The average molecular weight is 124 g/mol. The van der Waals surface area contributed by atoms with Crippen molar-refractivity contribution in [1.29, 1.82) is 0 Å². The predicted molar refractivity (Wildman–Crippen MR) is 36.7 cm³/mol. The predicted octanol–water partition coefficient (Wildman–Crippen LogP) is 0.977. The Bertz CT molecular complexity index is 170. The third kappa shape index (κ3) is 1.68. The van der Waals surface area contributed by atoms with Gasteiger partial charge in [0.15, 0.2) is 0 Å². The van der Waals surface area contributed by atoms with E-state index in [0.29, 0.717) is 6.02 Å². The number of methoxy groups -OCH3 is 1. The molecule has 0 aromatic heterocycles. The molecule has 0 unspecified atom stereocenters. The number of rotatable bonds is 0. The van der Waals surface area contributed by atoms with Gasteiger partial charge in [0.25, 0.3) is 0 Å². The van der Waals surface area contributed by atoms with Crippen LogP contribution in [0.3, 0.4) is 0 Å². The van der Waals surface area contributed by atoms with Crippen LogP contribution in [0, 0.1) is 0 Å². The first-order valence-corrected chi connectivity index (χ1v) is 2.73. The molecule has 3 nitrogen and oxygen atoms in total. The second kappa shape index (κ2) is 3.02. The van der Waals surface area contributed by atoms with Crippen LogP contribution in [-0.4, -0.2) is 19.3 Å². The van der Waals surface area contributed by atoms with E-state index in [1.807, 2.05) is 6.08 Å². The Labute approximate surface area is 53.8 Å². The van der Waals surface area contributed by atoms with E-state index in [1.165, 1.54) is 0 Å². The molecule has 0 aromatic carbocycles. The van der Waals surface area contributed by atoms with E-state index in [-0.39, 0.29) is 0 Å². The highest BCUT2D eigenvalue weighted by molar-refractivity contribution is 5.84. The molecule has 1 aliphatic rings. The summed E-state index contributed by atoms with van der Waals surface area (Å²) in [5.74, 6) is 0. The number of nitrogens with zero attached hydrogens (tertiary/aromatic N) is 2. The van der Waals surface area contributed by atoms with Crippen molar-refractivity contribution in [3.05, 3.63) is 12.3 Å². The molecule has 0 aromatic rings. The Balaban J connectivity index is 2.67. The van der Waals surface area contributed by atoms with Gasteiger partial charge >= 0.3 is 6.02 Å². The lowest BCUT2D eigenvalue weighted by Gasteiger charge is -1.91. The van der Waals surface area contributed by atoms with Gasteiger partial charge in [0.2, 0.25) is 0 Å².